The molecule has 0 bridgehead atoms. The van der Waals surface area contributed by atoms with Crippen LogP contribution in [0.25, 0.3) is 0 Å². The number of aryl methyl sites for hydroxylation is 1. The van der Waals surface area contributed by atoms with E-state index in [9.17, 15) is 0 Å². The summed E-state index contributed by atoms with van der Waals surface area (Å²) in [5.41, 5.74) is 1.25. The molecule has 0 N–H and O–H groups in total. The number of rotatable bonds is 9. The molecule has 1 rings (SSSR count). The Morgan fingerprint density at radius 1 is 1.00 bits per heavy atom. The standard InChI is InChI=1S/C17H30N2/c1-5-7-9-10-13-17(4,12-8-6-2)16-18-14-11-15(3)19-16/h11,14H,5-10,12-13H2,1-4H3. The monoisotopic (exact) mass is 262 g/mol. The van der Waals surface area contributed by atoms with Gasteiger partial charge in [0.25, 0.3) is 0 Å². The molecule has 0 saturated heterocycles. The number of aromatic nitrogens is 2. The average Bonchev–Trinajstić information content (AvgIpc) is 2.41. The summed E-state index contributed by atoms with van der Waals surface area (Å²) in [6.45, 7) is 8.93. The molecule has 19 heavy (non-hydrogen) atoms. The highest BCUT2D eigenvalue weighted by molar-refractivity contribution is 5.09. The molecule has 108 valence electrons. The van der Waals surface area contributed by atoms with Crippen LogP contribution in [0.2, 0.25) is 0 Å². The minimum absolute atomic E-state index is 0.162. The van der Waals surface area contributed by atoms with Crippen molar-refractivity contribution in [2.24, 2.45) is 0 Å². The summed E-state index contributed by atoms with van der Waals surface area (Å²) >= 11 is 0. The summed E-state index contributed by atoms with van der Waals surface area (Å²) < 4.78 is 0. The summed E-state index contributed by atoms with van der Waals surface area (Å²) in [6, 6.07) is 1.99. The van der Waals surface area contributed by atoms with E-state index in [2.05, 4.69) is 37.7 Å². The summed E-state index contributed by atoms with van der Waals surface area (Å²) in [4.78, 5) is 9.24. The Labute approximate surface area is 119 Å². The molecule has 0 radical (unpaired) electrons. The Balaban J connectivity index is 2.73. The van der Waals surface area contributed by atoms with Crippen molar-refractivity contribution in [3.05, 3.63) is 23.8 Å². The highest BCUT2D eigenvalue weighted by Gasteiger charge is 2.28. The van der Waals surface area contributed by atoms with Crippen LogP contribution in [-0.2, 0) is 5.41 Å². The zero-order chi connectivity index (χ0) is 14.1. The van der Waals surface area contributed by atoms with Crippen LogP contribution in [0.15, 0.2) is 12.3 Å². The van der Waals surface area contributed by atoms with Gasteiger partial charge in [-0.1, -0.05) is 59.3 Å². The summed E-state index contributed by atoms with van der Waals surface area (Å²) in [6.07, 6.45) is 12.1. The van der Waals surface area contributed by atoms with E-state index in [0.29, 0.717) is 0 Å². The first-order chi connectivity index (χ1) is 9.12. The molecular weight excluding hydrogens is 232 g/mol. The maximum atomic E-state index is 4.69. The normalized spacial score (nSPS) is 14.3. The van der Waals surface area contributed by atoms with Gasteiger partial charge in [-0.2, -0.15) is 0 Å². The molecule has 0 aromatic carbocycles. The first kappa shape index (κ1) is 16.1. The molecular formula is C17H30N2. The Bertz CT molecular complexity index is 362. The fraction of sp³-hybridized carbons (Fsp3) is 0.765. The Hall–Kier alpha value is -0.920. The van der Waals surface area contributed by atoms with Crippen molar-refractivity contribution in [2.75, 3.05) is 0 Å². The third-order valence-electron chi connectivity index (χ3n) is 4.00. The van der Waals surface area contributed by atoms with Crippen LogP contribution in [-0.4, -0.2) is 9.97 Å². The Kier molecular flexibility index (Phi) is 7.04. The van der Waals surface area contributed by atoms with Crippen LogP contribution in [0.3, 0.4) is 0 Å². The first-order valence-corrected chi connectivity index (χ1v) is 7.92. The van der Waals surface area contributed by atoms with Gasteiger partial charge in [0.2, 0.25) is 0 Å². The van der Waals surface area contributed by atoms with E-state index in [-0.39, 0.29) is 5.41 Å². The van der Waals surface area contributed by atoms with Crippen molar-refractivity contribution in [3.8, 4) is 0 Å². The predicted molar refractivity (Wildman–Crippen MR) is 82.4 cm³/mol. The molecule has 0 spiro atoms. The topological polar surface area (TPSA) is 25.8 Å². The average molecular weight is 262 g/mol. The third-order valence-corrected chi connectivity index (χ3v) is 4.00. The van der Waals surface area contributed by atoms with Crippen LogP contribution in [0, 0.1) is 6.92 Å². The molecule has 0 amide bonds. The molecule has 1 unspecified atom stereocenters. The van der Waals surface area contributed by atoms with Crippen LogP contribution in [0.1, 0.15) is 83.7 Å². The van der Waals surface area contributed by atoms with Gasteiger partial charge in [-0.3, -0.25) is 0 Å². The van der Waals surface area contributed by atoms with Gasteiger partial charge < -0.3 is 0 Å². The molecule has 0 aliphatic heterocycles. The quantitative estimate of drug-likeness (QED) is 0.571. The zero-order valence-corrected chi connectivity index (χ0v) is 13.2. The van der Waals surface area contributed by atoms with Gasteiger partial charge in [-0.25, -0.2) is 9.97 Å². The molecule has 1 atom stereocenters. The van der Waals surface area contributed by atoms with E-state index < -0.39 is 0 Å². The lowest BCUT2D eigenvalue weighted by atomic mass is 9.79. The molecule has 1 heterocycles. The largest absolute Gasteiger partial charge is 0.241 e. The van der Waals surface area contributed by atoms with Gasteiger partial charge >= 0.3 is 0 Å². The fourth-order valence-electron chi connectivity index (χ4n) is 2.60. The number of hydrogen-bond donors (Lipinski definition) is 0. The molecule has 0 aliphatic rings. The van der Waals surface area contributed by atoms with E-state index in [0.717, 1.165) is 11.5 Å². The number of nitrogens with zero attached hydrogens (tertiary/aromatic N) is 2. The lowest BCUT2D eigenvalue weighted by molar-refractivity contribution is 0.349. The second kappa shape index (κ2) is 8.29. The molecule has 1 aromatic rings. The highest BCUT2D eigenvalue weighted by atomic mass is 14.9. The van der Waals surface area contributed by atoms with Gasteiger partial charge in [-0.15, -0.1) is 0 Å². The van der Waals surface area contributed by atoms with Gasteiger partial charge in [-0.05, 0) is 25.8 Å². The Morgan fingerprint density at radius 2 is 1.68 bits per heavy atom. The SMILES string of the molecule is CCCCCCC(C)(CCCC)c1nccc(C)n1. The van der Waals surface area contributed by atoms with Crippen molar-refractivity contribution in [1.29, 1.82) is 0 Å². The van der Waals surface area contributed by atoms with E-state index >= 15 is 0 Å². The van der Waals surface area contributed by atoms with Crippen LogP contribution in [0.5, 0.6) is 0 Å². The van der Waals surface area contributed by atoms with Gasteiger partial charge in [0.1, 0.15) is 5.82 Å². The first-order valence-electron chi connectivity index (χ1n) is 7.92. The van der Waals surface area contributed by atoms with Crippen LogP contribution in [0.4, 0.5) is 0 Å². The van der Waals surface area contributed by atoms with Gasteiger partial charge in [0.05, 0.1) is 0 Å². The van der Waals surface area contributed by atoms with Gasteiger partial charge in [0, 0.05) is 17.3 Å². The smallest absolute Gasteiger partial charge is 0.134 e. The third kappa shape index (κ3) is 5.30. The number of unbranched alkanes of at least 4 members (excludes halogenated alkanes) is 4. The van der Waals surface area contributed by atoms with Crippen molar-refractivity contribution in [1.82, 2.24) is 9.97 Å². The molecule has 0 aliphatic carbocycles. The van der Waals surface area contributed by atoms with E-state index in [1.165, 1.54) is 51.4 Å². The van der Waals surface area contributed by atoms with Crippen LogP contribution < -0.4 is 0 Å². The molecule has 2 nitrogen and oxygen atoms in total. The van der Waals surface area contributed by atoms with E-state index in [1.54, 1.807) is 0 Å². The maximum absolute atomic E-state index is 4.69. The second-order valence-electron chi connectivity index (χ2n) is 6.00. The highest BCUT2D eigenvalue weighted by Crippen LogP contribution is 2.32. The zero-order valence-electron chi connectivity index (χ0n) is 13.2. The fourth-order valence-corrected chi connectivity index (χ4v) is 2.60. The van der Waals surface area contributed by atoms with E-state index in [1.807, 2.05) is 12.3 Å². The van der Waals surface area contributed by atoms with Crippen molar-refractivity contribution >= 4 is 0 Å². The van der Waals surface area contributed by atoms with Crippen molar-refractivity contribution < 1.29 is 0 Å². The lowest BCUT2D eigenvalue weighted by Crippen LogP contribution is -2.25. The lowest BCUT2D eigenvalue weighted by Gasteiger charge is -2.28. The van der Waals surface area contributed by atoms with E-state index in [4.69, 9.17) is 0 Å². The second-order valence-corrected chi connectivity index (χ2v) is 6.00. The summed E-state index contributed by atoms with van der Waals surface area (Å²) in [7, 11) is 0. The van der Waals surface area contributed by atoms with Crippen LogP contribution >= 0.6 is 0 Å². The van der Waals surface area contributed by atoms with Gasteiger partial charge in [0.15, 0.2) is 0 Å². The molecule has 0 saturated carbocycles. The van der Waals surface area contributed by atoms with Crippen molar-refractivity contribution in [3.63, 3.8) is 0 Å². The molecule has 0 fully saturated rings. The Morgan fingerprint density at radius 3 is 2.32 bits per heavy atom. The summed E-state index contributed by atoms with van der Waals surface area (Å²) in [5, 5.41) is 0. The minimum atomic E-state index is 0.162. The summed E-state index contributed by atoms with van der Waals surface area (Å²) in [5.74, 6) is 1.05. The van der Waals surface area contributed by atoms with Crippen molar-refractivity contribution in [2.45, 2.75) is 84.5 Å². The number of hydrogen-bond acceptors (Lipinski definition) is 2. The minimum Gasteiger partial charge on any atom is -0.241 e. The molecule has 2 heteroatoms. The predicted octanol–water partition coefficient (Wildman–Crippen LogP) is 5.20. The maximum Gasteiger partial charge on any atom is 0.134 e. The molecule has 1 aromatic heterocycles.